The summed E-state index contributed by atoms with van der Waals surface area (Å²) in [4.78, 5) is 0. The first-order valence-corrected chi connectivity index (χ1v) is 7.02. The molecule has 0 heterocycles. The Hall–Kier alpha value is -0.330. The molecule has 4 nitrogen and oxygen atoms in total. The van der Waals surface area contributed by atoms with Crippen molar-refractivity contribution in [3.63, 3.8) is 0 Å². The number of phosphoric ester groups is 1. The summed E-state index contributed by atoms with van der Waals surface area (Å²) in [5, 5.41) is 0. The first-order chi connectivity index (χ1) is 7.52. The number of terminal acetylenes is 1. The van der Waals surface area contributed by atoms with Gasteiger partial charge in [0.05, 0.1) is 13.2 Å². The fourth-order valence-electron chi connectivity index (χ4n) is 1.07. The van der Waals surface area contributed by atoms with Gasteiger partial charge in [0, 0.05) is 0 Å². The van der Waals surface area contributed by atoms with Crippen LogP contribution in [0.4, 0.5) is 0 Å². The average Bonchev–Trinajstić information content (AvgIpc) is 2.25. The predicted molar refractivity (Wildman–Crippen MR) is 64.0 cm³/mol. The van der Waals surface area contributed by atoms with Crippen LogP contribution in [0.1, 0.15) is 34.1 Å². The van der Waals surface area contributed by atoms with Gasteiger partial charge in [-0.05, 0) is 19.8 Å². The van der Waals surface area contributed by atoms with Crippen molar-refractivity contribution in [3.8, 4) is 12.3 Å². The summed E-state index contributed by atoms with van der Waals surface area (Å²) in [5.74, 6) is 2.58. The van der Waals surface area contributed by atoms with Crippen molar-refractivity contribution in [2.45, 2.75) is 40.2 Å². The van der Waals surface area contributed by atoms with Gasteiger partial charge < -0.3 is 0 Å². The highest BCUT2D eigenvalue weighted by atomic mass is 31.2. The molecular weight excluding hydrogens is 227 g/mol. The van der Waals surface area contributed by atoms with Crippen LogP contribution in [0.3, 0.4) is 0 Å². The van der Waals surface area contributed by atoms with E-state index in [9.17, 15) is 4.57 Å². The smallest absolute Gasteiger partial charge is 0.287 e. The third-order valence-electron chi connectivity index (χ3n) is 2.14. The van der Waals surface area contributed by atoms with E-state index in [0.29, 0.717) is 0 Å². The molecule has 2 unspecified atom stereocenters. The molecule has 5 heteroatoms. The van der Waals surface area contributed by atoms with Gasteiger partial charge in [0.25, 0.3) is 0 Å². The number of hydrogen-bond acceptors (Lipinski definition) is 4. The number of hydrogen-bond donors (Lipinski definition) is 0. The highest BCUT2D eigenvalue weighted by Gasteiger charge is 2.31. The van der Waals surface area contributed by atoms with Crippen LogP contribution in [-0.2, 0) is 18.1 Å². The van der Waals surface area contributed by atoms with Crippen LogP contribution in [0.5, 0.6) is 0 Å². The molecule has 0 aromatic rings. The quantitative estimate of drug-likeness (QED) is 0.488. The Kier molecular flexibility index (Phi) is 7.70. The lowest BCUT2D eigenvalue weighted by Gasteiger charge is -2.23. The molecule has 0 fully saturated rings. The second-order valence-corrected chi connectivity index (χ2v) is 4.98. The van der Waals surface area contributed by atoms with E-state index in [4.69, 9.17) is 20.0 Å². The molecule has 0 aliphatic heterocycles. The zero-order valence-electron chi connectivity index (χ0n) is 10.4. The Morgan fingerprint density at radius 3 is 2.06 bits per heavy atom. The number of phosphoric acid groups is 1. The molecule has 0 N–H and O–H groups in total. The zero-order chi connectivity index (χ0) is 12.6. The maximum atomic E-state index is 12.0. The van der Waals surface area contributed by atoms with Crippen molar-refractivity contribution in [2.75, 3.05) is 13.2 Å². The van der Waals surface area contributed by atoms with E-state index in [1.165, 1.54) is 0 Å². The lowest BCUT2D eigenvalue weighted by molar-refractivity contribution is 0.0837. The van der Waals surface area contributed by atoms with Gasteiger partial charge in [-0.2, -0.15) is 0 Å². The second kappa shape index (κ2) is 7.86. The maximum absolute atomic E-state index is 12.0. The van der Waals surface area contributed by atoms with Gasteiger partial charge in [-0.1, -0.05) is 26.2 Å². The minimum atomic E-state index is -3.50. The monoisotopic (exact) mass is 248 g/mol. The highest BCUT2D eigenvalue weighted by Crippen LogP contribution is 2.51. The SMILES string of the molecule is C#CC(OP(=O)(OCC)OCC)C(C)CC. The van der Waals surface area contributed by atoms with Crippen molar-refractivity contribution in [2.24, 2.45) is 5.92 Å². The van der Waals surface area contributed by atoms with E-state index in [1.54, 1.807) is 13.8 Å². The summed E-state index contributed by atoms with van der Waals surface area (Å²) >= 11 is 0. The highest BCUT2D eigenvalue weighted by molar-refractivity contribution is 7.48. The largest absolute Gasteiger partial charge is 0.475 e. The van der Waals surface area contributed by atoms with E-state index in [2.05, 4.69) is 5.92 Å². The maximum Gasteiger partial charge on any atom is 0.475 e. The molecule has 0 rings (SSSR count). The Morgan fingerprint density at radius 1 is 1.25 bits per heavy atom. The molecule has 0 aromatic heterocycles. The Balaban J connectivity index is 4.60. The predicted octanol–water partition coefficient (Wildman–Crippen LogP) is 3.23. The summed E-state index contributed by atoms with van der Waals surface area (Å²) in [6.07, 6.45) is 5.63. The van der Waals surface area contributed by atoms with Crippen LogP contribution in [-0.4, -0.2) is 19.3 Å². The van der Waals surface area contributed by atoms with Gasteiger partial charge in [-0.3, -0.25) is 13.6 Å². The van der Waals surface area contributed by atoms with E-state index in [0.717, 1.165) is 6.42 Å². The molecule has 94 valence electrons. The van der Waals surface area contributed by atoms with Gasteiger partial charge in [-0.15, -0.1) is 6.42 Å². The lowest BCUT2D eigenvalue weighted by atomic mass is 10.0. The molecule has 0 spiro atoms. The van der Waals surface area contributed by atoms with Crippen molar-refractivity contribution < 1.29 is 18.1 Å². The third-order valence-corrected chi connectivity index (χ3v) is 3.78. The molecule has 0 saturated heterocycles. The van der Waals surface area contributed by atoms with Gasteiger partial charge in [0.15, 0.2) is 0 Å². The van der Waals surface area contributed by atoms with E-state index < -0.39 is 13.9 Å². The fraction of sp³-hybridized carbons (Fsp3) is 0.818. The molecule has 0 radical (unpaired) electrons. The van der Waals surface area contributed by atoms with Crippen LogP contribution < -0.4 is 0 Å². The van der Waals surface area contributed by atoms with Gasteiger partial charge in [-0.25, -0.2) is 4.57 Å². The van der Waals surface area contributed by atoms with E-state index in [-0.39, 0.29) is 19.1 Å². The minimum absolute atomic E-state index is 0.110. The summed E-state index contributed by atoms with van der Waals surface area (Å²) < 4.78 is 27.4. The number of rotatable bonds is 8. The van der Waals surface area contributed by atoms with Crippen molar-refractivity contribution >= 4 is 7.82 Å². The van der Waals surface area contributed by atoms with E-state index in [1.807, 2.05) is 13.8 Å². The van der Waals surface area contributed by atoms with Crippen LogP contribution in [0.15, 0.2) is 0 Å². The van der Waals surface area contributed by atoms with Crippen LogP contribution >= 0.6 is 7.82 Å². The summed E-state index contributed by atoms with van der Waals surface area (Å²) in [5.41, 5.74) is 0. The zero-order valence-corrected chi connectivity index (χ0v) is 11.3. The fourth-order valence-corrected chi connectivity index (χ4v) is 2.44. The summed E-state index contributed by atoms with van der Waals surface area (Å²) in [7, 11) is -3.50. The molecule has 0 aromatic carbocycles. The van der Waals surface area contributed by atoms with Crippen molar-refractivity contribution in [1.82, 2.24) is 0 Å². The van der Waals surface area contributed by atoms with Crippen molar-refractivity contribution in [1.29, 1.82) is 0 Å². The Bertz CT molecular complexity index is 262. The topological polar surface area (TPSA) is 44.8 Å². The summed E-state index contributed by atoms with van der Waals surface area (Å²) in [6, 6.07) is 0. The van der Waals surface area contributed by atoms with E-state index >= 15 is 0 Å². The third kappa shape index (κ3) is 5.14. The Morgan fingerprint density at radius 2 is 1.75 bits per heavy atom. The molecular formula is C11H21O4P. The normalized spacial score (nSPS) is 15.4. The molecule has 0 bridgehead atoms. The van der Waals surface area contributed by atoms with Crippen LogP contribution in [0.25, 0.3) is 0 Å². The first kappa shape index (κ1) is 15.7. The molecule has 0 aliphatic rings. The average molecular weight is 248 g/mol. The summed E-state index contributed by atoms with van der Waals surface area (Å²) in [6.45, 7) is 7.90. The first-order valence-electron chi connectivity index (χ1n) is 5.56. The molecule has 0 aliphatic carbocycles. The molecule has 0 amide bonds. The molecule has 2 atom stereocenters. The van der Waals surface area contributed by atoms with Gasteiger partial charge in [0.1, 0.15) is 6.10 Å². The standard InChI is InChI=1S/C11H21O4P/c1-6-10(5)11(7-2)15-16(12,13-8-3)14-9-4/h2,10-11H,6,8-9H2,1,3-5H3. The Labute approximate surface area is 98.3 Å². The van der Waals surface area contributed by atoms with Gasteiger partial charge in [0.2, 0.25) is 0 Å². The van der Waals surface area contributed by atoms with Gasteiger partial charge >= 0.3 is 7.82 Å². The molecule has 0 saturated carbocycles. The van der Waals surface area contributed by atoms with Crippen LogP contribution in [0.2, 0.25) is 0 Å². The molecule has 16 heavy (non-hydrogen) atoms. The second-order valence-electron chi connectivity index (χ2n) is 3.36. The lowest BCUT2D eigenvalue weighted by Crippen LogP contribution is -2.19. The van der Waals surface area contributed by atoms with Crippen LogP contribution in [0, 0.1) is 18.3 Å². The minimum Gasteiger partial charge on any atom is -0.287 e. The van der Waals surface area contributed by atoms with Crippen molar-refractivity contribution in [3.05, 3.63) is 0 Å².